The fourth-order valence-corrected chi connectivity index (χ4v) is 2.60. The molecule has 0 radical (unpaired) electrons. The molecule has 0 saturated heterocycles. The van der Waals surface area contributed by atoms with E-state index < -0.39 is 24.0 Å². The van der Waals surface area contributed by atoms with E-state index in [0.717, 1.165) is 5.56 Å². The Morgan fingerprint density at radius 1 is 1.26 bits per heavy atom. The maximum atomic E-state index is 12.8. The summed E-state index contributed by atoms with van der Waals surface area (Å²) in [6.07, 6.45) is -0.00207. The van der Waals surface area contributed by atoms with Crippen LogP contribution in [0.2, 0.25) is 0 Å². The summed E-state index contributed by atoms with van der Waals surface area (Å²) in [6.45, 7) is 0. The first kappa shape index (κ1) is 17.2. The van der Waals surface area contributed by atoms with Crippen molar-refractivity contribution in [2.45, 2.75) is 50.1 Å². The number of carboxylic acids is 1. The average molecular weight is 326 g/mol. The molecule has 1 saturated carbocycles. The number of amides is 2. The summed E-state index contributed by atoms with van der Waals surface area (Å²) in [5.74, 6) is -3.63. The van der Waals surface area contributed by atoms with Gasteiger partial charge in [-0.2, -0.15) is 0 Å². The van der Waals surface area contributed by atoms with Gasteiger partial charge in [-0.25, -0.2) is 13.6 Å². The van der Waals surface area contributed by atoms with Crippen LogP contribution >= 0.6 is 0 Å². The number of carbonyl (C=O) groups excluding carboxylic acids is 1. The molecule has 1 aromatic carbocycles. The molecule has 1 fully saturated rings. The molecule has 0 aromatic heterocycles. The van der Waals surface area contributed by atoms with Gasteiger partial charge in [0.15, 0.2) is 0 Å². The standard InChI is InChI=1S/C16H20F2N2O3/c17-16(18)9-13(10-16)20-15(23)19-12(6-7-14(21)22)8-11-4-2-1-3-5-11/h1-5,12-13H,6-10H2,(H,21,22)(H2,19,20,23). The van der Waals surface area contributed by atoms with E-state index in [9.17, 15) is 18.4 Å². The number of carbonyl (C=O) groups is 2. The lowest BCUT2D eigenvalue weighted by molar-refractivity contribution is -0.137. The molecule has 0 bridgehead atoms. The minimum absolute atomic E-state index is 0.0702. The number of hydrogen-bond donors (Lipinski definition) is 3. The Bertz CT molecular complexity index is 544. The molecule has 1 aliphatic rings. The molecule has 0 heterocycles. The summed E-state index contributed by atoms with van der Waals surface area (Å²) in [5.41, 5.74) is 0.971. The highest BCUT2D eigenvalue weighted by Gasteiger charge is 2.46. The Kier molecular flexibility index (Phi) is 5.52. The first-order valence-electron chi connectivity index (χ1n) is 7.55. The van der Waals surface area contributed by atoms with Crippen LogP contribution < -0.4 is 10.6 Å². The van der Waals surface area contributed by atoms with Crippen molar-refractivity contribution in [1.82, 2.24) is 10.6 Å². The highest BCUT2D eigenvalue weighted by atomic mass is 19.3. The summed E-state index contributed by atoms with van der Waals surface area (Å²) in [4.78, 5) is 22.6. The van der Waals surface area contributed by atoms with Crippen LogP contribution in [0.4, 0.5) is 13.6 Å². The molecule has 2 rings (SSSR count). The van der Waals surface area contributed by atoms with E-state index >= 15 is 0 Å². The van der Waals surface area contributed by atoms with E-state index in [4.69, 9.17) is 5.11 Å². The van der Waals surface area contributed by atoms with Crippen LogP contribution in [0.25, 0.3) is 0 Å². The van der Waals surface area contributed by atoms with Crippen molar-refractivity contribution in [3.05, 3.63) is 35.9 Å². The van der Waals surface area contributed by atoms with Gasteiger partial charge in [-0.05, 0) is 18.4 Å². The zero-order chi connectivity index (χ0) is 16.9. The van der Waals surface area contributed by atoms with Crippen LogP contribution in [0.1, 0.15) is 31.2 Å². The number of alkyl halides is 2. The zero-order valence-corrected chi connectivity index (χ0v) is 12.6. The van der Waals surface area contributed by atoms with Crippen LogP contribution in [0.3, 0.4) is 0 Å². The maximum Gasteiger partial charge on any atom is 0.315 e. The van der Waals surface area contributed by atoms with Gasteiger partial charge < -0.3 is 15.7 Å². The van der Waals surface area contributed by atoms with Gasteiger partial charge in [-0.3, -0.25) is 4.79 Å². The van der Waals surface area contributed by atoms with Gasteiger partial charge >= 0.3 is 12.0 Å². The third-order valence-electron chi connectivity index (χ3n) is 3.79. The SMILES string of the molecule is O=C(O)CCC(Cc1ccccc1)NC(=O)NC1CC(F)(F)C1. The van der Waals surface area contributed by atoms with E-state index in [0.29, 0.717) is 6.42 Å². The van der Waals surface area contributed by atoms with Crippen LogP contribution in [0.5, 0.6) is 0 Å². The van der Waals surface area contributed by atoms with E-state index in [1.807, 2.05) is 30.3 Å². The van der Waals surface area contributed by atoms with E-state index in [-0.39, 0.29) is 31.7 Å². The molecule has 1 aromatic rings. The van der Waals surface area contributed by atoms with E-state index in [1.54, 1.807) is 0 Å². The van der Waals surface area contributed by atoms with Crippen molar-refractivity contribution in [3.63, 3.8) is 0 Å². The minimum atomic E-state index is -2.69. The van der Waals surface area contributed by atoms with Gasteiger partial charge in [0.05, 0.1) is 0 Å². The number of aliphatic carboxylic acids is 1. The molecule has 1 atom stereocenters. The van der Waals surface area contributed by atoms with Crippen molar-refractivity contribution in [1.29, 1.82) is 0 Å². The second-order valence-electron chi connectivity index (χ2n) is 5.90. The second kappa shape index (κ2) is 7.39. The van der Waals surface area contributed by atoms with Crippen molar-refractivity contribution in [2.24, 2.45) is 0 Å². The molecule has 23 heavy (non-hydrogen) atoms. The van der Waals surface area contributed by atoms with Gasteiger partial charge in [-0.1, -0.05) is 30.3 Å². The van der Waals surface area contributed by atoms with Crippen LogP contribution in [0.15, 0.2) is 30.3 Å². The normalized spacial score (nSPS) is 17.8. The predicted octanol–water partition coefficient (Wildman–Crippen LogP) is 2.56. The molecular formula is C16H20F2N2O3. The lowest BCUT2D eigenvalue weighted by Gasteiger charge is -2.35. The molecule has 1 aliphatic carbocycles. The highest BCUT2D eigenvalue weighted by Crippen LogP contribution is 2.37. The Hall–Kier alpha value is -2.18. The topological polar surface area (TPSA) is 78.4 Å². The average Bonchev–Trinajstić information content (AvgIpc) is 2.43. The molecule has 126 valence electrons. The van der Waals surface area contributed by atoms with Gasteiger partial charge in [0.25, 0.3) is 5.92 Å². The fourth-order valence-electron chi connectivity index (χ4n) is 2.60. The second-order valence-corrected chi connectivity index (χ2v) is 5.90. The lowest BCUT2D eigenvalue weighted by atomic mass is 9.88. The summed E-state index contributed by atoms with van der Waals surface area (Å²) in [7, 11) is 0. The summed E-state index contributed by atoms with van der Waals surface area (Å²) < 4.78 is 25.5. The molecular weight excluding hydrogens is 306 g/mol. The van der Waals surface area contributed by atoms with Crippen molar-refractivity contribution in [2.75, 3.05) is 0 Å². The molecule has 0 aliphatic heterocycles. The largest absolute Gasteiger partial charge is 0.481 e. The third-order valence-corrected chi connectivity index (χ3v) is 3.79. The van der Waals surface area contributed by atoms with Gasteiger partial charge in [0.2, 0.25) is 0 Å². The van der Waals surface area contributed by atoms with Crippen LogP contribution in [0, 0.1) is 0 Å². The smallest absolute Gasteiger partial charge is 0.315 e. The van der Waals surface area contributed by atoms with Crippen molar-refractivity contribution < 1.29 is 23.5 Å². The summed E-state index contributed by atoms with van der Waals surface area (Å²) >= 11 is 0. The van der Waals surface area contributed by atoms with Gasteiger partial charge in [-0.15, -0.1) is 0 Å². The number of carboxylic acid groups (broad SMARTS) is 1. The summed E-state index contributed by atoms with van der Waals surface area (Å²) in [6, 6.07) is 7.94. The van der Waals surface area contributed by atoms with Crippen LogP contribution in [-0.2, 0) is 11.2 Å². The number of hydrogen-bond acceptors (Lipinski definition) is 2. The van der Waals surface area contributed by atoms with Crippen molar-refractivity contribution >= 4 is 12.0 Å². The number of nitrogens with one attached hydrogen (secondary N) is 2. The Balaban J connectivity index is 1.86. The quantitative estimate of drug-likeness (QED) is 0.720. The number of halogens is 2. The third kappa shape index (κ3) is 5.84. The Morgan fingerprint density at radius 3 is 2.48 bits per heavy atom. The predicted molar refractivity (Wildman–Crippen MR) is 80.4 cm³/mol. The number of urea groups is 1. The van der Waals surface area contributed by atoms with Crippen LogP contribution in [-0.4, -0.2) is 35.1 Å². The molecule has 2 amide bonds. The van der Waals surface area contributed by atoms with Gasteiger partial charge in [0, 0.05) is 31.3 Å². The zero-order valence-electron chi connectivity index (χ0n) is 12.6. The van der Waals surface area contributed by atoms with Gasteiger partial charge in [0.1, 0.15) is 0 Å². The monoisotopic (exact) mass is 326 g/mol. The Labute approximate surface area is 133 Å². The van der Waals surface area contributed by atoms with E-state index in [2.05, 4.69) is 10.6 Å². The first-order chi connectivity index (χ1) is 10.8. The lowest BCUT2D eigenvalue weighted by Crippen LogP contribution is -2.54. The first-order valence-corrected chi connectivity index (χ1v) is 7.55. The summed E-state index contributed by atoms with van der Waals surface area (Å²) in [5, 5.41) is 14.0. The molecule has 7 heteroatoms. The fraction of sp³-hybridized carbons (Fsp3) is 0.500. The molecule has 5 nitrogen and oxygen atoms in total. The Morgan fingerprint density at radius 2 is 1.91 bits per heavy atom. The van der Waals surface area contributed by atoms with E-state index in [1.165, 1.54) is 0 Å². The highest BCUT2D eigenvalue weighted by molar-refractivity contribution is 5.75. The number of rotatable bonds is 7. The maximum absolute atomic E-state index is 12.8. The number of benzene rings is 1. The molecule has 3 N–H and O–H groups in total. The molecule has 0 spiro atoms. The minimum Gasteiger partial charge on any atom is -0.481 e. The molecule has 1 unspecified atom stereocenters. The van der Waals surface area contributed by atoms with Crippen molar-refractivity contribution in [3.8, 4) is 0 Å².